The molecule has 7 heteroatoms. The lowest BCUT2D eigenvalue weighted by Gasteiger charge is -2.35. The number of pyridine rings is 2. The molecule has 0 aliphatic carbocycles. The van der Waals surface area contributed by atoms with Crippen LogP contribution in [-0.4, -0.2) is 57.2 Å². The van der Waals surface area contributed by atoms with Gasteiger partial charge in [0, 0.05) is 49.4 Å². The number of para-hydroxylation sites is 1. The van der Waals surface area contributed by atoms with Gasteiger partial charge in [-0.1, -0.05) is 24.3 Å². The van der Waals surface area contributed by atoms with Crippen LogP contribution in [0.5, 0.6) is 11.5 Å². The average molecular weight is 414 g/mol. The van der Waals surface area contributed by atoms with Crippen molar-refractivity contribution in [1.82, 2.24) is 14.9 Å². The van der Waals surface area contributed by atoms with E-state index in [1.165, 1.54) is 12.1 Å². The molecule has 31 heavy (non-hydrogen) atoms. The molecule has 0 spiro atoms. The Bertz CT molecular complexity index is 1310. The Hall–Kier alpha value is -3.87. The summed E-state index contributed by atoms with van der Waals surface area (Å²) in [6.45, 7) is 4.41. The van der Waals surface area contributed by atoms with Crippen LogP contribution in [0.25, 0.3) is 21.8 Å². The van der Waals surface area contributed by atoms with E-state index in [9.17, 15) is 15.0 Å². The smallest absolute Gasteiger partial charge is 0.255 e. The summed E-state index contributed by atoms with van der Waals surface area (Å²) in [6, 6.07) is 16.0. The van der Waals surface area contributed by atoms with E-state index in [2.05, 4.69) is 14.9 Å². The molecule has 7 nitrogen and oxygen atoms in total. The zero-order valence-electron chi connectivity index (χ0n) is 17.1. The van der Waals surface area contributed by atoms with Crippen LogP contribution in [0.1, 0.15) is 16.1 Å². The molecule has 2 N–H and O–H groups in total. The van der Waals surface area contributed by atoms with E-state index in [1.54, 1.807) is 4.90 Å². The van der Waals surface area contributed by atoms with Gasteiger partial charge < -0.3 is 20.0 Å². The molecular formula is C24H22N4O3. The molecule has 2 aromatic heterocycles. The van der Waals surface area contributed by atoms with Gasteiger partial charge in [0.05, 0.1) is 22.0 Å². The van der Waals surface area contributed by atoms with Crippen LogP contribution in [0.4, 0.5) is 5.82 Å². The van der Waals surface area contributed by atoms with E-state index in [0.717, 1.165) is 11.5 Å². The maximum atomic E-state index is 13.7. The molecule has 1 fully saturated rings. The van der Waals surface area contributed by atoms with E-state index < -0.39 is 0 Å². The zero-order chi connectivity index (χ0) is 21.5. The van der Waals surface area contributed by atoms with E-state index in [1.807, 2.05) is 49.4 Å². The van der Waals surface area contributed by atoms with Gasteiger partial charge in [0.1, 0.15) is 17.3 Å². The lowest BCUT2D eigenvalue weighted by atomic mass is 10.00. The molecule has 4 aromatic rings. The fourth-order valence-corrected chi connectivity index (χ4v) is 4.21. The van der Waals surface area contributed by atoms with Crippen LogP contribution in [0, 0.1) is 6.92 Å². The highest BCUT2D eigenvalue weighted by molar-refractivity contribution is 6.17. The number of aromatic nitrogens is 2. The number of phenolic OH excluding ortho intramolecular Hbond substituents is 2. The van der Waals surface area contributed by atoms with Crippen molar-refractivity contribution in [3.8, 4) is 11.5 Å². The number of carbonyl (C=O) groups excluding carboxylic acids is 1. The second-order valence-electron chi connectivity index (χ2n) is 7.78. The molecule has 5 rings (SSSR count). The van der Waals surface area contributed by atoms with Crippen LogP contribution < -0.4 is 4.90 Å². The number of hydrogen-bond acceptors (Lipinski definition) is 6. The molecule has 0 bridgehead atoms. The van der Waals surface area contributed by atoms with Crippen molar-refractivity contribution in [2.24, 2.45) is 0 Å². The summed E-state index contributed by atoms with van der Waals surface area (Å²) < 4.78 is 0. The fourth-order valence-electron chi connectivity index (χ4n) is 4.21. The minimum absolute atomic E-state index is 0.0922. The number of fused-ring (bicyclic) bond motifs is 2. The average Bonchev–Trinajstić information content (AvgIpc) is 2.77. The Morgan fingerprint density at radius 1 is 0.903 bits per heavy atom. The number of piperazine rings is 1. The minimum Gasteiger partial charge on any atom is -0.508 e. The zero-order valence-corrected chi connectivity index (χ0v) is 17.1. The molecule has 2 aromatic carbocycles. The number of nitrogens with zero attached hydrogens (tertiary/aromatic N) is 4. The summed E-state index contributed by atoms with van der Waals surface area (Å²) in [7, 11) is 0. The third kappa shape index (κ3) is 3.38. The van der Waals surface area contributed by atoms with Crippen molar-refractivity contribution in [1.29, 1.82) is 0 Å². The first-order valence-corrected chi connectivity index (χ1v) is 10.2. The van der Waals surface area contributed by atoms with E-state index in [0.29, 0.717) is 53.5 Å². The van der Waals surface area contributed by atoms with Crippen molar-refractivity contribution in [3.63, 3.8) is 0 Å². The van der Waals surface area contributed by atoms with E-state index in [4.69, 9.17) is 0 Å². The van der Waals surface area contributed by atoms with Crippen molar-refractivity contribution in [2.75, 3.05) is 31.1 Å². The van der Waals surface area contributed by atoms with Gasteiger partial charge in [-0.05, 0) is 25.1 Å². The van der Waals surface area contributed by atoms with E-state index in [-0.39, 0.29) is 17.4 Å². The number of aryl methyl sites for hydroxylation is 1. The van der Waals surface area contributed by atoms with Gasteiger partial charge in [0.25, 0.3) is 5.91 Å². The Morgan fingerprint density at radius 3 is 2.45 bits per heavy atom. The molecule has 0 saturated carbocycles. The fraction of sp³-hybridized carbons (Fsp3) is 0.208. The normalized spacial score (nSPS) is 14.4. The van der Waals surface area contributed by atoms with Gasteiger partial charge in [0.15, 0.2) is 0 Å². The van der Waals surface area contributed by atoms with Crippen LogP contribution in [-0.2, 0) is 0 Å². The summed E-state index contributed by atoms with van der Waals surface area (Å²) in [5, 5.41) is 21.5. The number of anilines is 1. The molecule has 0 unspecified atom stereocenters. The van der Waals surface area contributed by atoms with Crippen LogP contribution in [0.3, 0.4) is 0 Å². The molecule has 0 radical (unpaired) electrons. The first kappa shape index (κ1) is 19.1. The number of carbonyl (C=O) groups is 1. The number of benzene rings is 2. The van der Waals surface area contributed by atoms with Crippen molar-refractivity contribution in [3.05, 3.63) is 65.9 Å². The maximum absolute atomic E-state index is 13.7. The molecular weight excluding hydrogens is 392 g/mol. The van der Waals surface area contributed by atoms with Crippen LogP contribution >= 0.6 is 0 Å². The highest BCUT2D eigenvalue weighted by atomic mass is 16.3. The molecule has 0 atom stereocenters. The molecule has 1 aliphatic rings. The quantitative estimate of drug-likeness (QED) is 0.488. The lowest BCUT2D eigenvalue weighted by molar-refractivity contribution is 0.0750. The highest BCUT2D eigenvalue weighted by Crippen LogP contribution is 2.36. The van der Waals surface area contributed by atoms with E-state index >= 15 is 0 Å². The Labute approximate surface area is 179 Å². The topological polar surface area (TPSA) is 89.8 Å². The second-order valence-corrected chi connectivity index (χ2v) is 7.78. The van der Waals surface area contributed by atoms with Gasteiger partial charge in [0.2, 0.25) is 0 Å². The van der Waals surface area contributed by atoms with Crippen LogP contribution in [0.2, 0.25) is 0 Å². The Kier molecular flexibility index (Phi) is 4.58. The lowest BCUT2D eigenvalue weighted by Crippen LogP contribution is -2.49. The Balaban J connectivity index is 1.52. The van der Waals surface area contributed by atoms with Crippen molar-refractivity contribution >= 4 is 33.5 Å². The highest BCUT2D eigenvalue weighted by Gasteiger charge is 2.27. The Morgan fingerprint density at radius 2 is 1.68 bits per heavy atom. The van der Waals surface area contributed by atoms with Crippen molar-refractivity contribution < 1.29 is 15.0 Å². The molecule has 1 saturated heterocycles. The first-order valence-electron chi connectivity index (χ1n) is 10.2. The second kappa shape index (κ2) is 7.43. The predicted octanol–water partition coefficient (Wildman–Crippen LogP) is 3.47. The predicted molar refractivity (Wildman–Crippen MR) is 120 cm³/mol. The monoisotopic (exact) mass is 414 g/mol. The summed E-state index contributed by atoms with van der Waals surface area (Å²) >= 11 is 0. The third-order valence-corrected chi connectivity index (χ3v) is 5.72. The molecule has 1 aliphatic heterocycles. The number of hydrogen-bond donors (Lipinski definition) is 2. The van der Waals surface area contributed by atoms with Crippen molar-refractivity contribution in [2.45, 2.75) is 6.92 Å². The molecule has 3 heterocycles. The summed E-state index contributed by atoms with van der Waals surface area (Å²) in [5.74, 6) is 0.520. The van der Waals surface area contributed by atoms with Gasteiger partial charge in [-0.2, -0.15) is 0 Å². The summed E-state index contributed by atoms with van der Waals surface area (Å²) in [6.07, 6.45) is 0. The number of aromatic hydroxyl groups is 2. The summed E-state index contributed by atoms with van der Waals surface area (Å²) in [4.78, 5) is 26.8. The number of rotatable bonds is 2. The SMILES string of the molecule is Cc1cccc(N2CCN(C(=O)c3c4ccccc4nc4cc(O)cc(O)c34)CC2)n1. The molecule has 1 amide bonds. The van der Waals surface area contributed by atoms with Gasteiger partial charge in [-0.3, -0.25) is 4.79 Å². The summed E-state index contributed by atoms with van der Waals surface area (Å²) in [5.41, 5.74) is 2.41. The first-order chi connectivity index (χ1) is 15.0. The number of amides is 1. The van der Waals surface area contributed by atoms with Crippen LogP contribution in [0.15, 0.2) is 54.6 Å². The third-order valence-electron chi connectivity index (χ3n) is 5.72. The van der Waals surface area contributed by atoms with Gasteiger partial charge in [-0.15, -0.1) is 0 Å². The maximum Gasteiger partial charge on any atom is 0.255 e. The van der Waals surface area contributed by atoms with Gasteiger partial charge >= 0.3 is 0 Å². The standard InChI is InChI=1S/C24H22N4O3/c1-15-5-4-8-21(25-15)27-9-11-28(12-10-27)24(31)22-17-6-2-3-7-18(17)26-19-13-16(29)14-20(30)23(19)22/h2-8,13-14,29-30H,9-12H2,1H3. The number of phenols is 2. The minimum atomic E-state index is -0.154. The van der Waals surface area contributed by atoms with Gasteiger partial charge in [-0.25, -0.2) is 9.97 Å². The largest absolute Gasteiger partial charge is 0.508 e. The molecule has 156 valence electrons.